The van der Waals surface area contributed by atoms with Crippen LogP contribution < -0.4 is 10.6 Å². The standard InChI is InChI=1S/C14H26N2O2/c17-14(13-11-15-9-10-18-13)16-8-4-7-12-5-2-1-3-6-12/h12-13,15H,1-11H2,(H,16,17). The van der Waals surface area contributed by atoms with Crippen molar-refractivity contribution in [1.29, 1.82) is 0 Å². The van der Waals surface area contributed by atoms with Gasteiger partial charge in [-0.05, 0) is 18.8 Å². The van der Waals surface area contributed by atoms with E-state index in [1.165, 1.54) is 38.5 Å². The first-order valence-electron chi connectivity index (χ1n) is 7.46. The summed E-state index contributed by atoms with van der Waals surface area (Å²) in [6.07, 6.45) is 9.10. The minimum absolute atomic E-state index is 0.0471. The van der Waals surface area contributed by atoms with E-state index in [4.69, 9.17) is 4.74 Å². The van der Waals surface area contributed by atoms with Crippen molar-refractivity contribution < 1.29 is 9.53 Å². The number of amides is 1. The summed E-state index contributed by atoms with van der Waals surface area (Å²) < 4.78 is 5.41. The second-order valence-electron chi connectivity index (χ2n) is 5.50. The van der Waals surface area contributed by atoms with Gasteiger partial charge in [0, 0.05) is 19.6 Å². The first kappa shape index (κ1) is 13.8. The molecular weight excluding hydrogens is 228 g/mol. The maximum atomic E-state index is 11.8. The summed E-state index contributed by atoms with van der Waals surface area (Å²) in [7, 11) is 0. The largest absolute Gasteiger partial charge is 0.366 e. The quantitative estimate of drug-likeness (QED) is 0.730. The number of ether oxygens (including phenoxy) is 1. The van der Waals surface area contributed by atoms with E-state index in [9.17, 15) is 4.79 Å². The molecule has 18 heavy (non-hydrogen) atoms. The molecule has 1 unspecified atom stereocenters. The summed E-state index contributed by atoms with van der Waals surface area (Å²) in [5.74, 6) is 0.953. The third-order valence-electron chi connectivity index (χ3n) is 4.03. The highest BCUT2D eigenvalue weighted by Gasteiger charge is 2.21. The maximum absolute atomic E-state index is 11.8. The highest BCUT2D eigenvalue weighted by atomic mass is 16.5. The Balaban J connectivity index is 1.52. The average Bonchev–Trinajstić information content (AvgIpc) is 2.45. The van der Waals surface area contributed by atoms with Gasteiger partial charge in [0.25, 0.3) is 0 Å². The maximum Gasteiger partial charge on any atom is 0.250 e. The van der Waals surface area contributed by atoms with Crippen LogP contribution in [0.5, 0.6) is 0 Å². The second kappa shape index (κ2) is 7.74. The lowest BCUT2D eigenvalue weighted by atomic mass is 9.86. The van der Waals surface area contributed by atoms with Crippen LogP contribution in [-0.2, 0) is 9.53 Å². The molecule has 2 aliphatic rings. The molecule has 4 nitrogen and oxygen atoms in total. The van der Waals surface area contributed by atoms with Gasteiger partial charge < -0.3 is 15.4 Å². The fourth-order valence-corrected chi connectivity index (χ4v) is 2.93. The van der Waals surface area contributed by atoms with Crippen LogP contribution >= 0.6 is 0 Å². The summed E-state index contributed by atoms with van der Waals surface area (Å²) in [4.78, 5) is 11.8. The van der Waals surface area contributed by atoms with Gasteiger partial charge in [0.05, 0.1) is 6.61 Å². The summed E-state index contributed by atoms with van der Waals surface area (Å²) >= 11 is 0. The number of carbonyl (C=O) groups excluding carboxylic acids is 1. The van der Waals surface area contributed by atoms with Gasteiger partial charge in [0.1, 0.15) is 6.10 Å². The van der Waals surface area contributed by atoms with Crippen molar-refractivity contribution in [2.24, 2.45) is 5.92 Å². The fourth-order valence-electron chi connectivity index (χ4n) is 2.93. The van der Waals surface area contributed by atoms with E-state index in [0.29, 0.717) is 13.2 Å². The SMILES string of the molecule is O=C(NCCCC1CCCCC1)C1CNCCO1. The Morgan fingerprint density at radius 2 is 2.11 bits per heavy atom. The third kappa shape index (κ3) is 4.58. The lowest BCUT2D eigenvalue weighted by Crippen LogP contribution is -2.48. The lowest BCUT2D eigenvalue weighted by molar-refractivity contribution is -0.134. The molecule has 0 bridgehead atoms. The Labute approximate surface area is 110 Å². The number of carbonyl (C=O) groups is 1. The fraction of sp³-hybridized carbons (Fsp3) is 0.929. The Kier molecular flexibility index (Phi) is 5.94. The number of nitrogens with one attached hydrogen (secondary N) is 2. The average molecular weight is 254 g/mol. The molecule has 2 rings (SSSR count). The van der Waals surface area contributed by atoms with Crippen molar-refractivity contribution in [2.45, 2.75) is 51.0 Å². The normalized spacial score (nSPS) is 25.9. The smallest absolute Gasteiger partial charge is 0.250 e. The van der Waals surface area contributed by atoms with Crippen molar-refractivity contribution in [3.63, 3.8) is 0 Å². The molecule has 104 valence electrons. The molecule has 1 saturated heterocycles. The molecule has 0 radical (unpaired) electrons. The molecule has 0 aromatic rings. The van der Waals surface area contributed by atoms with Crippen LogP contribution in [-0.4, -0.2) is 38.3 Å². The minimum Gasteiger partial charge on any atom is -0.366 e. The Hall–Kier alpha value is -0.610. The van der Waals surface area contributed by atoms with E-state index in [1.54, 1.807) is 0 Å². The van der Waals surface area contributed by atoms with Crippen LogP contribution in [0.4, 0.5) is 0 Å². The highest BCUT2D eigenvalue weighted by molar-refractivity contribution is 5.81. The van der Waals surface area contributed by atoms with Crippen LogP contribution in [0.15, 0.2) is 0 Å². The van der Waals surface area contributed by atoms with E-state index >= 15 is 0 Å². The van der Waals surface area contributed by atoms with Gasteiger partial charge in [0.2, 0.25) is 5.91 Å². The van der Waals surface area contributed by atoms with Gasteiger partial charge in [-0.25, -0.2) is 0 Å². The summed E-state index contributed by atoms with van der Waals surface area (Å²) in [6, 6.07) is 0. The Bertz CT molecular complexity index is 246. The topological polar surface area (TPSA) is 50.4 Å². The molecule has 1 atom stereocenters. The van der Waals surface area contributed by atoms with E-state index in [-0.39, 0.29) is 12.0 Å². The van der Waals surface area contributed by atoms with Gasteiger partial charge in [-0.2, -0.15) is 0 Å². The van der Waals surface area contributed by atoms with Crippen LogP contribution in [0.2, 0.25) is 0 Å². The van der Waals surface area contributed by atoms with Crippen LogP contribution in [0.25, 0.3) is 0 Å². The zero-order valence-electron chi connectivity index (χ0n) is 11.2. The molecule has 0 aromatic heterocycles. The summed E-state index contributed by atoms with van der Waals surface area (Å²) in [6.45, 7) is 2.94. The highest BCUT2D eigenvalue weighted by Crippen LogP contribution is 2.26. The van der Waals surface area contributed by atoms with Gasteiger partial charge >= 0.3 is 0 Å². The Morgan fingerprint density at radius 3 is 2.83 bits per heavy atom. The predicted octanol–water partition coefficient (Wildman–Crippen LogP) is 1.45. The molecule has 1 saturated carbocycles. The van der Waals surface area contributed by atoms with E-state index in [0.717, 1.165) is 25.4 Å². The molecule has 2 fully saturated rings. The molecule has 1 aliphatic carbocycles. The van der Waals surface area contributed by atoms with Gasteiger partial charge in [0.15, 0.2) is 0 Å². The Morgan fingerprint density at radius 1 is 1.28 bits per heavy atom. The molecular formula is C14H26N2O2. The zero-order valence-corrected chi connectivity index (χ0v) is 11.2. The van der Waals surface area contributed by atoms with E-state index in [2.05, 4.69) is 10.6 Å². The van der Waals surface area contributed by atoms with Crippen molar-refractivity contribution in [3.8, 4) is 0 Å². The molecule has 1 amide bonds. The van der Waals surface area contributed by atoms with Crippen molar-refractivity contribution in [3.05, 3.63) is 0 Å². The molecule has 0 spiro atoms. The minimum atomic E-state index is -0.284. The molecule has 1 aliphatic heterocycles. The number of morpholine rings is 1. The van der Waals surface area contributed by atoms with Crippen LogP contribution in [0.3, 0.4) is 0 Å². The first-order chi connectivity index (χ1) is 8.86. The summed E-state index contributed by atoms with van der Waals surface area (Å²) in [5, 5.41) is 6.16. The van der Waals surface area contributed by atoms with Crippen LogP contribution in [0.1, 0.15) is 44.9 Å². The lowest BCUT2D eigenvalue weighted by Gasteiger charge is -2.23. The number of rotatable bonds is 5. The molecule has 0 aromatic carbocycles. The second-order valence-corrected chi connectivity index (χ2v) is 5.50. The number of hydrogen-bond acceptors (Lipinski definition) is 3. The van der Waals surface area contributed by atoms with Crippen molar-refractivity contribution >= 4 is 5.91 Å². The zero-order chi connectivity index (χ0) is 12.6. The van der Waals surface area contributed by atoms with Gasteiger partial charge in [-0.3, -0.25) is 4.79 Å². The van der Waals surface area contributed by atoms with Crippen LogP contribution in [0, 0.1) is 5.92 Å². The third-order valence-corrected chi connectivity index (χ3v) is 4.03. The summed E-state index contributed by atoms with van der Waals surface area (Å²) in [5.41, 5.74) is 0. The predicted molar refractivity (Wildman–Crippen MR) is 71.4 cm³/mol. The molecule has 2 N–H and O–H groups in total. The van der Waals surface area contributed by atoms with Gasteiger partial charge in [-0.15, -0.1) is 0 Å². The van der Waals surface area contributed by atoms with E-state index < -0.39 is 0 Å². The number of hydrogen-bond donors (Lipinski definition) is 2. The van der Waals surface area contributed by atoms with Crippen molar-refractivity contribution in [2.75, 3.05) is 26.2 Å². The van der Waals surface area contributed by atoms with Crippen molar-refractivity contribution in [1.82, 2.24) is 10.6 Å². The van der Waals surface area contributed by atoms with Gasteiger partial charge in [-0.1, -0.05) is 32.1 Å². The monoisotopic (exact) mass is 254 g/mol. The first-order valence-corrected chi connectivity index (χ1v) is 7.46. The molecule has 4 heteroatoms. The molecule has 1 heterocycles. The van der Waals surface area contributed by atoms with E-state index in [1.807, 2.05) is 0 Å².